The van der Waals surface area contributed by atoms with Crippen molar-refractivity contribution in [3.8, 4) is 0 Å². The van der Waals surface area contributed by atoms with Gasteiger partial charge in [0.25, 0.3) is 5.91 Å². The molecule has 2 amide bonds. The number of carbonyl (C=O) groups excluding carboxylic acids is 2. The van der Waals surface area contributed by atoms with Gasteiger partial charge < -0.3 is 15.1 Å². The number of benzene rings is 2. The van der Waals surface area contributed by atoms with Gasteiger partial charge in [-0.3, -0.25) is 9.59 Å². The van der Waals surface area contributed by atoms with Gasteiger partial charge in [0.05, 0.1) is 0 Å². The van der Waals surface area contributed by atoms with E-state index in [1.807, 2.05) is 30.3 Å². The molecule has 1 N–H and O–H groups in total. The van der Waals surface area contributed by atoms with Gasteiger partial charge in [0.1, 0.15) is 6.54 Å². The van der Waals surface area contributed by atoms with Crippen LogP contribution in [0.1, 0.15) is 15.9 Å². The molecular formula is C20H22ClN3O2. The molecule has 2 aromatic rings. The van der Waals surface area contributed by atoms with Crippen molar-refractivity contribution in [2.45, 2.75) is 6.54 Å². The van der Waals surface area contributed by atoms with Crippen molar-refractivity contribution in [3.05, 3.63) is 70.7 Å². The summed E-state index contributed by atoms with van der Waals surface area (Å²) < 4.78 is 0. The van der Waals surface area contributed by atoms with Crippen LogP contribution in [-0.2, 0) is 11.3 Å². The lowest BCUT2D eigenvalue weighted by Crippen LogP contribution is -2.50. The second kappa shape index (κ2) is 8.83. The van der Waals surface area contributed by atoms with E-state index < -0.39 is 0 Å². The summed E-state index contributed by atoms with van der Waals surface area (Å²) in [5.74, 6) is -0.224. The fourth-order valence-corrected chi connectivity index (χ4v) is 3.18. The molecule has 3 rings (SSSR count). The standard InChI is InChI=1S/C20H22ClN3O2/c21-18-8-4-7-17(13-18)20(26)24(14-16-5-2-1-3-6-16)15-19(25)23-11-9-22-10-12-23/h1-8,13,22H,9-12,14-15H2. The molecule has 0 unspecified atom stereocenters. The lowest BCUT2D eigenvalue weighted by atomic mass is 10.1. The Bertz CT molecular complexity index is 761. The number of halogens is 1. The van der Waals surface area contributed by atoms with Crippen LogP contribution < -0.4 is 5.32 Å². The number of amides is 2. The largest absolute Gasteiger partial charge is 0.339 e. The number of nitrogens with one attached hydrogen (secondary N) is 1. The van der Waals surface area contributed by atoms with Gasteiger partial charge in [-0.15, -0.1) is 0 Å². The summed E-state index contributed by atoms with van der Waals surface area (Å²) in [6.07, 6.45) is 0. The molecule has 1 heterocycles. The number of carbonyl (C=O) groups is 2. The molecule has 0 radical (unpaired) electrons. The van der Waals surface area contributed by atoms with Crippen LogP contribution in [0.2, 0.25) is 5.02 Å². The SMILES string of the molecule is O=C(CN(Cc1ccccc1)C(=O)c1cccc(Cl)c1)N1CCNCC1. The van der Waals surface area contributed by atoms with E-state index in [-0.39, 0.29) is 18.4 Å². The van der Waals surface area contributed by atoms with Gasteiger partial charge >= 0.3 is 0 Å². The molecular weight excluding hydrogens is 350 g/mol. The Morgan fingerprint density at radius 2 is 1.77 bits per heavy atom. The second-order valence-corrected chi connectivity index (χ2v) is 6.72. The van der Waals surface area contributed by atoms with Crippen LogP contribution in [0, 0.1) is 0 Å². The molecule has 2 aromatic carbocycles. The maximum absolute atomic E-state index is 13.0. The van der Waals surface area contributed by atoms with Crippen LogP contribution >= 0.6 is 11.6 Å². The minimum absolute atomic E-state index is 0.0298. The van der Waals surface area contributed by atoms with Gasteiger partial charge in [0.2, 0.25) is 5.91 Å². The van der Waals surface area contributed by atoms with Gasteiger partial charge in [-0.1, -0.05) is 48.0 Å². The first-order valence-corrected chi connectivity index (χ1v) is 9.08. The van der Waals surface area contributed by atoms with E-state index in [1.165, 1.54) is 0 Å². The molecule has 26 heavy (non-hydrogen) atoms. The summed E-state index contributed by atoms with van der Waals surface area (Å²) in [4.78, 5) is 29.1. The van der Waals surface area contributed by atoms with Crippen LogP contribution in [0.25, 0.3) is 0 Å². The average Bonchev–Trinajstić information content (AvgIpc) is 2.68. The molecule has 1 fully saturated rings. The number of nitrogens with zero attached hydrogens (tertiary/aromatic N) is 2. The zero-order chi connectivity index (χ0) is 18.4. The van der Waals surface area contributed by atoms with E-state index in [4.69, 9.17) is 11.6 Å². The van der Waals surface area contributed by atoms with E-state index >= 15 is 0 Å². The van der Waals surface area contributed by atoms with Crippen molar-refractivity contribution >= 4 is 23.4 Å². The first-order valence-electron chi connectivity index (χ1n) is 8.71. The minimum atomic E-state index is -0.195. The van der Waals surface area contributed by atoms with Crippen molar-refractivity contribution < 1.29 is 9.59 Å². The topological polar surface area (TPSA) is 52.7 Å². The fraction of sp³-hybridized carbons (Fsp3) is 0.300. The van der Waals surface area contributed by atoms with Gasteiger partial charge in [0.15, 0.2) is 0 Å². The van der Waals surface area contributed by atoms with Crippen molar-refractivity contribution in [2.24, 2.45) is 0 Å². The van der Waals surface area contributed by atoms with Crippen LogP contribution in [0.5, 0.6) is 0 Å². The predicted molar refractivity (Wildman–Crippen MR) is 102 cm³/mol. The Kier molecular flexibility index (Phi) is 6.26. The summed E-state index contributed by atoms with van der Waals surface area (Å²) in [7, 11) is 0. The first-order chi connectivity index (χ1) is 12.6. The highest BCUT2D eigenvalue weighted by molar-refractivity contribution is 6.30. The zero-order valence-corrected chi connectivity index (χ0v) is 15.3. The van der Waals surface area contributed by atoms with Crippen molar-refractivity contribution in [1.29, 1.82) is 0 Å². The molecule has 1 aliphatic rings. The highest BCUT2D eigenvalue weighted by Crippen LogP contribution is 2.15. The molecule has 0 aliphatic carbocycles. The second-order valence-electron chi connectivity index (χ2n) is 6.29. The molecule has 136 valence electrons. The molecule has 0 spiro atoms. The Labute approximate surface area is 158 Å². The van der Waals surface area contributed by atoms with E-state index in [1.54, 1.807) is 34.1 Å². The summed E-state index contributed by atoms with van der Waals surface area (Å²) in [6.45, 7) is 3.34. The fourth-order valence-electron chi connectivity index (χ4n) is 2.98. The summed E-state index contributed by atoms with van der Waals surface area (Å²) in [5, 5.41) is 3.73. The number of rotatable bonds is 5. The van der Waals surface area contributed by atoms with Crippen LogP contribution in [0.15, 0.2) is 54.6 Å². The van der Waals surface area contributed by atoms with Crippen molar-refractivity contribution in [2.75, 3.05) is 32.7 Å². The minimum Gasteiger partial charge on any atom is -0.339 e. The number of hydrogen-bond donors (Lipinski definition) is 1. The average molecular weight is 372 g/mol. The lowest BCUT2D eigenvalue weighted by Gasteiger charge is -2.30. The number of hydrogen-bond acceptors (Lipinski definition) is 3. The molecule has 0 bridgehead atoms. The smallest absolute Gasteiger partial charge is 0.254 e. The quantitative estimate of drug-likeness (QED) is 0.878. The Balaban J connectivity index is 1.78. The zero-order valence-electron chi connectivity index (χ0n) is 14.5. The summed E-state index contributed by atoms with van der Waals surface area (Å²) in [5.41, 5.74) is 1.47. The van der Waals surface area contributed by atoms with Crippen LogP contribution in [0.4, 0.5) is 0 Å². The highest BCUT2D eigenvalue weighted by Gasteiger charge is 2.23. The van der Waals surface area contributed by atoms with E-state index in [0.717, 1.165) is 18.7 Å². The maximum atomic E-state index is 13.0. The highest BCUT2D eigenvalue weighted by atomic mass is 35.5. The van der Waals surface area contributed by atoms with Gasteiger partial charge in [0, 0.05) is 43.3 Å². The third kappa shape index (κ3) is 4.84. The molecule has 1 saturated heterocycles. The summed E-state index contributed by atoms with van der Waals surface area (Å²) in [6, 6.07) is 16.5. The normalized spacial score (nSPS) is 14.1. The van der Waals surface area contributed by atoms with Crippen LogP contribution in [-0.4, -0.2) is 54.3 Å². The first kappa shape index (κ1) is 18.4. The van der Waals surface area contributed by atoms with E-state index in [2.05, 4.69) is 5.32 Å². The predicted octanol–water partition coefficient (Wildman–Crippen LogP) is 2.41. The van der Waals surface area contributed by atoms with Crippen molar-refractivity contribution in [3.63, 3.8) is 0 Å². The van der Waals surface area contributed by atoms with E-state index in [9.17, 15) is 9.59 Å². The van der Waals surface area contributed by atoms with Crippen molar-refractivity contribution in [1.82, 2.24) is 15.1 Å². The third-order valence-electron chi connectivity index (χ3n) is 4.37. The van der Waals surface area contributed by atoms with E-state index in [0.29, 0.717) is 30.2 Å². The number of piperazine rings is 1. The van der Waals surface area contributed by atoms with Crippen LogP contribution in [0.3, 0.4) is 0 Å². The van der Waals surface area contributed by atoms with Gasteiger partial charge in [-0.2, -0.15) is 0 Å². The third-order valence-corrected chi connectivity index (χ3v) is 4.61. The monoisotopic (exact) mass is 371 g/mol. The molecule has 5 nitrogen and oxygen atoms in total. The molecule has 6 heteroatoms. The Hall–Kier alpha value is -2.37. The lowest BCUT2D eigenvalue weighted by molar-refractivity contribution is -0.132. The maximum Gasteiger partial charge on any atom is 0.254 e. The van der Waals surface area contributed by atoms with Gasteiger partial charge in [-0.05, 0) is 23.8 Å². The Morgan fingerprint density at radius 1 is 1.04 bits per heavy atom. The summed E-state index contributed by atoms with van der Waals surface area (Å²) >= 11 is 6.03. The Morgan fingerprint density at radius 3 is 2.46 bits per heavy atom. The van der Waals surface area contributed by atoms with Gasteiger partial charge in [-0.25, -0.2) is 0 Å². The molecule has 1 aliphatic heterocycles. The molecule has 0 saturated carbocycles. The molecule has 0 atom stereocenters. The molecule has 0 aromatic heterocycles.